The van der Waals surface area contributed by atoms with Gasteiger partial charge in [-0.1, -0.05) is 78.9 Å². The van der Waals surface area contributed by atoms with Crippen molar-refractivity contribution in [2.24, 2.45) is 23.7 Å². The highest BCUT2D eigenvalue weighted by molar-refractivity contribution is 6.08. The number of benzene rings is 2. The Kier molecular flexibility index (Phi) is 6.84. The number of allylic oxidation sites excluding steroid dienone is 2. The molecule has 1 N–H and O–H groups in total. The van der Waals surface area contributed by atoms with Gasteiger partial charge in [0.25, 0.3) is 0 Å². The molecule has 2 aromatic carbocycles. The summed E-state index contributed by atoms with van der Waals surface area (Å²) in [6, 6.07) is 30.6. The second-order valence-electron chi connectivity index (χ2n) is 11.2. The van der Waals surface area contributed by atoms with Crippen LogP contribution < -0.4 is 0 Å². The first kappa shape index (κ1) is 27.1. The van der Waals surface area contributed by atoms with Crippen molar-refractivity contribution >= 4 is 17.4 Å². The molecule has 2 fully saturated rings. The number of hydrogen-bond acceptors (Lipinski definition) is 6. The number of methoxy groups -OCH3 is 1. The summed E-state index contributed by atoms with van der Waals surface area (Å²) >= 11 is 0. The van der Waals surface area contributed by atoms with Gasteiger partial charge in [0.15, 0.2) is 5.60 Å². The minimum atomic E-state index is -1.63. The van der Waals surface area contributed by atoms with Crippen molar-refractivity contribution in [1.29, 1.82) is 0 Å². The van der Waals surface area contributed by atoms with E-state index < -0.39 is 29.3 Å². The van der Waals surface area contributed by atoms with E-state index in [2.05, 4.69) is 4.98 Å². The number of rotatable bonds is 8. The molecule has 7 nitrogen and oxygen atoms in total. The van der Waals surface area contributed by atoms with E-state index in [1.54, 1.807) is 19.5 Å². The van der Waals surface area contributed by atoms with Crippen LogP contribution in [0.4, 0.5) is 0 Å². The van der Waals surface area contributed by atoms with Gasteiger partial charge in [0.2, 0.25) is 11.8 Å². The summed E-state index contributed by atoms with van der Waals surface area (Å²) in [6.45, 7) is 0.463. The smallest absolute Gasteiger partial charge is 0.234 e. The summed E-state index contributed by atoms with van der Waals surface area (Å²) in [6.07, 6.45) is 5.44. The second kappa shape index (κ2) is 10.8. The number of carbonyl (C=O) groups excluding carboxylic acids is 2. The molecule has 1 saturated heterocycles. The fourth-order valence-corrected chi connectivity index (χ4v) is 7.32. The molecule has 2 aromatic heterocycles. The van der Waals surface area contributed by atoms with Crippen molar-refractivity contribution in [2.75, 3.05) is 20.3 Å². The van der Waals surface area contributed by atoms with Gasteiger partial charge in [-0.3, -0.25) is 24.5 Å². The van der Waals surface area contributed by atoms with Crippen LogP contribution in [0.1, 0.15) is 22.5 Å². The molecule has 3 aliphatic rings. The number of amides is 2. The van der Waals surface area contributed by atoms with Gasteiger partial charge in [0.05, 0.1) is 36.4 Å². The largest absolute Gasteiger partial charge is 0.383 e. The molecular formula is C36H31N3O4. The van der Waals surface area contributed by atoms with Crippen LogP contribution in [0.15, 0.2) is 127 Å². The molecule has 2 aliphatic carbocycles. The Balaban J connectivity index is 1.50. The minimum Gasteiger partial charge on any atom is -0.383 e. The van der Waals surface area contributed by atoms with E-state index in [9.17, 15) is 14.7 Å². The number of carbonyl (C=O) groups is 2. The van der Waals surface area contributed by atoms with Gasteiger partial charge in [-0.25, -0.2) is 0 Å². The number of aliphatic hydroxyl groups is 1. The highest BCUT2D eigenvalue weighted by atomic mass is 16.5. The molecule has 5 atom stereocenters. The normalized spacial score (nSPS) is 25.0. The van der Waals surface area contributed by atoms with Gasteiger partial charge in [0, 0.05) is 36.9 Å². The van der Waals surface area contributed by atoms with Crippen molar-refractivity contribution < 1.29 is 19.4 Å². The lowest BCUT2D eigenvalue weighted by atomic mass is 9.71. The van der Waals surface area contributed by atoms with Crippen molar-refractivity contribution in [1.82, 2.24) is 14.9 Å². The first-order valence-corrected chi connectivity index (χ1v) is 14.5. The monoisotopic (exact) mass is 569 g/mol. The predicted octanol–water partition coefficient (Wildman–Crippen LogP) is 4.65. The molecule has 5 unspecified atom stereocenters. The van der Waals surface area contributed by atoms with Crippen LogP contribution >= 0.6 is 0 Å². The van der Waals surface area contributed by atoms with Crippen LogP contribution in [0, 0.1) is 23.7 Å². The molecule has 0 radical (unpaired) electrons. The molecule has 2 bridgehead atoms. The summed E-state index contributed by atoms with van der Waals surface area (Å²) in [5.74, 6) is -2.62. The Morgan fingerprint density at radius 1 is 0.837 bits per heavy atom. The summed E-state index contributed by atoms with van der Waals surface area (Å²) in [5, 5.41) is 12.9. The molecule has 1 aliphatic heterocycles. The third-order valence-electron chi connectivity index (χ3n) is 9.06. The fraction of sp³-hybridized carbons (Fsp3) is 0.222. The Bertz CT molecular complexity index is 1640. The third-order valence-corrected chi connectivity index (χ3v) is 9.06. The van der Waals surface area contributed by atoms with Gasteiger partial charge >= 0.3 is 0 Å². The van der Waals surface area contributed by atoms with E-state index in [0.717, 1.165) is 22.4 Å². The number of ether oxygens (including phenoxy) is 1. The summed E-state index contributed by atoms with van der Waals surface area (Å²) in [4.78, 5) is 38.8. The van der Waals surface area contributed by atoms with E-state index in [4.69, 9.17) is 9.72 Å². The zero-order valence-electron chi connectivity index (χ0n) is 23.7. The quantitative estimate of drug-likeness (QED) is 0.245. The van der Waals surface area contributed by atoms with Gasteiger partial charge in [-0.15, -0.1) is 0 Å². The Hall–Kier alpha value is -4.72. The van der Waals surface area contributed by atoms with Crippen LogP contribution in [0.3, 0.4) is 0 Å². The van der Waals surface area contributed by atoms with E-state index >= 15 is 0 Å². The molecule has 7 heteroatoms. The van der Waals surface area contributed by atoms with Crippen molar-refractivity contribution in [3.63, 3.8) is 0 Å². The average Bonchev–Trinajstić information content (AvgIpc) is 3.68. The van der Waals surface area contributed by atoms with E-state index in [0.29, 0.717) is 16.8 Å². The zero-order chi connectivity index (χ0) is 29.6. The van der Waals surface area contributed by atoms with Gasteiger partial charge in [-0.2, -0.15) is 0 Å². The third kappa shape index (κ3) is 4.19. The van der Waals surface area contributed by atoms with E-state index in [-0.39, 0.29) is 25.0 Å². The first-order valence-electron chi connectivity index (χ1n) is 14.5. The maximum atomic E-state index is 14.2. The van der Waals surface area contributed by atoms with Crippen LogP contribution in [-0.2, 0) is 19.9 Å². The van der Waals surface area contributed by atoms with Crippen LogP contribution in [-0.4, -0.2) is 52.1 Å². The zero-order valence-corrected chi connectivity index (χ0v) is 23.7. The number of pyridine rings is 2. The molecule has 2 amide bonds. The molecule has 1 saturated carbocycles. The standard InChI is InChI=1S/C36H31N3O4/c1-43-21-20-39-34(40)31-25-22-26(36(42,24-14-6-3-7-15-24)28-17-9-11-19-38-28)32(33(31)35(39)41)30(25)29(23-12-4-2-5-13-23)27-16-8-10-18-37-27/h2-19,22,25,31-33,42H,20-21H2,1H3. The van der Waals surface area contributed by atoms with Gasteiger partial charge in [-0.05, 0) is 46.5 Å². The molecular weight excluding hydrogens is 538 g/mol. The molecule has 214 valence electrons. The lowest BCUT2D eigenvalue weighted by Crippen LogP contribution is -2.39. The van der Waals surface area contributed by atoms with Gasteiger partial charge < -0.3 is 9.84 Å². The lowest BCUT2D eigenvalue weighted by Gasteiger charge is -2.36. The number of likely N-dealkylation sites (tertiary alicyclic amines) is 1. The van der Waals surface area contributed by atoms with Crippen molar-refractivity contribution in [3.8, 4) is 0 Å². The maximum absolute atomic E-state index is 14.2. The number of imide groups is 1. The minimum absolute atomic E-state index is 0.193. The summed E-state index contributed by atoms with van der Waals surface area (Å²) in [5.41, 5.74) is 3.67. The van der Waals surface area contributed by atoms with Crippen LogP contribution in [0.5, 0.6) is 0 Å². The number of fused-ring (bicyclic) bond motifs is 5. The average molecular weight is 570 g/mol. The Labute approximate surface area is 250 Å². The molecule has 43 heavy (non-hydrogen) atoms. The number of hydrogen-bond donors (Lipinski definition) is 1. The predicted molar refractivity (Wildman–Crippen MR) is 161 cm³/mol. The van der Waals surface area contributed by atoms with Crippen molar-refractivity contribution in [2.45, 2.75) is 5.60 Å². The topological polar surface area (TPSA) is 92.6 Å². The summed E-state index contributed by atoms with van der Waals surface area (Å²) in [7, 11) is 1.56. The summed E-state index contributed by atoms with van der Waals surface area (Å²) < 4.78 is 5.23. The van der Waals surface area contributed by atoms with Crippen LogP contribution in [0.2, 0.25) is 0 Å². The van der Waals surface area contributed by atoms with Crippen molar-refractivity contribution in [3.05, 3.63) is 149 Å². The fourth-order valence-electron chi connectivity index (χ4n) is 7.32. The number of aromatic nitrogens is 2. The van der Waals surface area contributed by atoms with Gasteiger partial charge in [0.1, 0.15) is 0 Å². The van der Waals surface area contributed by atoms with Crippen LogP contribution in [0.25, 0.3) is 5.57 Å². The molecule has 0 spiro atoms. The Morgan fingerprint density at radius 3 is 2.14 bits per heavy atom. The SMILES string of the molecule is COCCN1C(=O)C2C3C=C(C(O)(c4ccccc4)c4ccccn4)C(C3=C(c3ccccc3)c3ccccn3)C2C1=O. The molecule has 3 heterocycles. The number of nitrogens with zero attached hydrogens (tertiary/aromatic N) is 3. The molecule has 7 rings (SSSR count). The van der Waals surface area contributed by atoms with E-state index in [1.165, 1.54) is 4.90 Å². The highest BCUT2D eigenvalue weighted by Gasteiger charge is 2.66. The first-order chi connectivity index (χ1) is 21.1. The Morgan fingerprint density at radius 2 is 1.49 bits per heavy atom. The maximum Gasteiger partial charge on any atom is 0.234 e. The highest BCUT2D eigenvalue weighted by Crippen LogP contribution is 2.64. The van der Waals surface area contributed by atoms with E-state index in [1.807, 2.05) is 103 Å². The second-order valence-corrected chi connectivity index (χ2v) is 11.2. The lowest BCUT2D eigenvalue weighted by molar-refractivity contribution is -0.141. The molecule has 4 aromatic rings.